The number of hydrogen-bond acceptors (Lipinski definition) is 10. The first kappa shape index (κ1) is 36.6. The van der Waals surface area contributed by atoms with Crippen molar-refractivity contribution in [1.29, 1.82) is 0 Å². The van der Waals surface area contributed by atoms with Crippen molar-refractivity contribution in [1.82, 2.24) is 24.3 Å². The number of primary amides is 2. The third-order valence-electron chi connectivity index (χ3n) is 8.41. The van der Waals surface area contributed by atoms with E-state index < -0.39 is 26.0 Å². The molecule has 4 rings (SSSR count). The first-order chi connectivity index (χ1) is 23.0. The number of fused-ring (bicyclic) bond motifs is 1. The van der Waals surface area contributed by atoms with E-state index in [0.717, 1.165) is 0 Å². The molecular weight excluding hydrogens is 645 g/mol. The predicted molar refractivity (Wildman–Crippen MR) is 192 cm³/mol. The summed E-state index contributed by atoms with van der Waals surface area (Å²) in [7, 11) is -1.97. The number of nitrogen functional groups attached to an aromatic ring is 1. The van der Waals surface area contributed by atoms with Crippen LogP contribution in [0.2, 0.25) is 18.1 Å². The van der Waals surface area contributed by atoms with Crippen molar-refractivity contribution in [3.8, 4) is 5.75 Å². The highest BCUT2D eigenvalue weighted by Crippen LogP contribution is 2.37. The molecule has 4 aromatic rings. The minimum Gasteiger partial charge on any atom is -0.489 e. The van der Waals surface area contributed by atoms with Crippen molar-refractivity contribution >= 4 is 54.5 Å². The number of allylic oxidation sites excluding steroid dienone is 1. The number of nitrogens with two attached hydrogens (primary N) is 3. The van der Waals surface area contributed by atoms with Crippen LogP contribution in [0, 0.1) is 6.92 Å². The van der Waals surface area contributed by atoms with Crippen LogP contribution < -0.4 is 32.6 Å². The molecular formula is C33H46N10O5Si. The molecule has 0 atom stereocenters. The summed E-state index contributed by atoms with van der Waals surface area (Å²) in [5.41, 5.74) is 20.5. The fourth-order valence-corrected chi connectivity index (χ4v) is 5.75. The summed E-state index contributed by atoms with van der Waals surface area (Å²) in [6.07, 6.45) is 5.08. The first-order valence-corrected chi connectivity index (χ1v) is 18.8. The van der Waals surface area contributed by atoms with Crippen LogP contribution in [-0.2, 0) is 17.5 Å². The summed E-state index contributed by atoms with van der Waals surface area (Å²) >= 11 is 0. The predicted octanol–water partition coefficient (Wildman–Crippen LogP) is 4.06. The molecule has 0 bridgehead atoms. The molecule has 49 heavy (non-hydrogen) atoms. The number of nitrogens with one attached hydrogen (secondary N) is 2. The minimum absolute atomic E-state index is 0.0537. The van der Waals surface area contributed by atoms with E-state index in [9.17, 15) is 14.4 Å². The summed E-state index contributed by atoms with van der Waals surface area (Å²) in [6, 6.07) is 6.28. The molecule has 0 saturated carbocycles. The molecule has 0 unspecified atom stereocenters. The van der Waals surface area contributed by atoms with E-state index >= 15 is 0 Å². The van der Waals surface area contributed by atoms with Gasteiger partial charge in [0.1, 0.15) is 29.3 Å². The lowest BCUT2D eigenvalue weighted by Crippen LogP contribution is -2.41. The zero-order valence-corrected chi connectivity index (χ0v) is 30.1. The normalized spacial score (nSPS) is 12.1. The Hall–Kier alpha value is -5.22. The lowest BCUT2D eigenvalue weighted by Gasteiger charge is -2.36. The number of amides is 3. The fraction of sp³-hybridized carbons (Fsp3) is 0.394. The van der Waals surface area contributed by atoms with Gasteiger partial charge in [-0.05, 0) is 56.2 Å². The van der Waals surface area contributed by atoms with Gasteiger partial charge in [-0.25, -0.2) is 9.97 Å². The Balaban J connectivity index is 1.51. The van der Waals surface area contributed by atoms with Crippen LogP contribution in [-0.4, -0.2) is 70.1 Å². The zero-order chi connectivity index (χ0) is 36.1. The van der Waals surface area contributed by atoms with E-state index in [1.165, 1.54) is 18.3 Å². The number of aryl methyl sites for hydroxylation is 2. The van der Waals surface area contributed by atoms with E-state index in [2.05, 4.69) is 59.6 Å². The van der Waals surface area contributed by atoms with Gasteiger partial charge in [0.15, 0.2) is 14.0 Å². The van der Waals surface area contributed by atoms with E-state index in [1.54, 1.807) is 21.4 Å². The molecule has 15 nitrogen and oxygen atoms in total. The number of anilines is 3. The number of nitrogens with zero attached hydrogens (tertiary/aromatic N) is 5. The van der Waals surface area contributed by atoms with Gasteiger partial charge in [-0.2, -0.15) is 5.10 Å². The van der Waals surface area contributed by atoms with Crippen molar-refractivity contribution in [2.75, 3.05) is 36.1 Å². The average molecular weight is 691 g/mol. The maximum absolute atomic E-state index is 13.3. The van der Waals surface area contributed by atoms with Gasteiger partial charge in [0, 0.05) is 31.4 Å². The van der Waals surface area contributed by atoms with Gasteiger partial charge >= 0.3 is 0 Å². The summed E-state index contributed by atoms with van der Waals surface area (Å²) < 4.78 is 15.6. The van der Waals surface area contributed by atoms with Crippen LogP contribution in [0.25, 0.3) is 11.2 Å². The van der Waals surface area contributed by atoms with Gasteiger partial charge in [-0.15, -0.1) is 0 Å². The van der Waals surface area contributed by atoms with Gasteiger partial charge in [0.25, 0.3) is 5.91 Å². The van der Waals surface area contributed by atoms with Crippen LogP contribution in [0.5, 0.6) is 5.75 Å². The number of rotatable bonds is 15. The molecule has 0 spiro atoms. The monoisotopic (exact) mass is 690 g/mol. The maximum atomic E-state index is 13.3. The van der Waals surface area contributed by atoms with Crippen LogP contribution in [0.15, 0.2) is 42.6 Å². The maximum Gasteiger partial charge on any atom is 0.276 e. The lowest BCUT2D eigenvalue weighted by atomic mass is 10.1. The van der Waals surface area contributed by atoms with E-state index in [4.69, 9.17) is 26.4 Å². The molecule has 3 amide bonds. The Morgan fingerprint density at radius 2 is 1.73 bits per heavy atom. The smallest absolute Gasteiger partial charge is 0.276 e. The molecule has 0 aliphatic heterocycles. The minimum atomic E-state index is -1.97. The second kappa shape index (κ2) is 14.9. The highest BCUT2D eigenvalue weighted by atomic mass is 28.4. The largest absolute Gasteiger partial charge is 0.489 e. The molecule has 262 valence electrons. The van der Waals surface area contributed by atoms with E-state index in [-0.39, 0.29) is 35.3 Å². The zero-order valence-electron chi connectivity index (χ0n) is 29.1. The standard InChI is InChI=1S/C33H46N10O5Si/c1-8-43-25(15-20(2)41-43)31(46)40-32-39-24-17-22(29(36)45)19-38-30(24)42(32)12-10-9-11-37-27-23(34)16-21(28(35)44)18-26(27)47-13-14-48-49(6,7)33(3,4)5/h9-10,15-19,37H,8,11-14,34H2,1-7H3,(H2,35,44)(H2,36,45)(H,39,40,46)/b10-9+. The van der Waals surface area contributed by atoms with Gasteiger partial charge in [0.2, 0.25) is 17.8 Å². The molecule has 8 N–H and O–H groups in total. The summed E-state index contributed by atoms with van der Waals surface area (Å²) in [5, 5.41) is 10.5. The van der Waals surface area contributed by atoms with Crippen molar-refractivity contribution < 1.29 is 23.5 Å². The number of hydrogen-bond donors (Lipinski definition) is 5. The van der Waals surface area contributed by atoms with Gasteiger partial charge < -0.3 is 31.7 Å². The molecule has 0 radical (unpaired) electrons. The molecule has 3 heterocycles. The molecule has 16 heteroatoms. The fourth-order valence-electron chi connectivity index (χ4n) is 4.72. The van der Waals surface area contributed by atoms with Gasteiger partial charge in [0.05, 0.1) is 23.6 Å². The number of carbonyl (C=O) groups is 3. The first-order valence-electron chi connectivity index (χ1n) is 15.9. The van der Waals surface area contributed by atoms with E-state index in [0.29, 0.717) is 59.4 Å². The summed E-state index contributed by atoms with van der Waals surface area (Å²) in [6.45, 7) is 16.3. The number of imidazole rings is 1. The summed E-state index contributed by atoms with van der Waals surface area (Å²) in [5.74, 6) is -1.05. The molecule has 0 saturated heterocycles. The topological polar surface area (TPSA) is 220 Å². The van der Waals surface area contributed by atoms with Crippen LogP contribution in [0.3, 0.4) is 0 Å². The second-order valence-corrected chi connectivity index (χ2v) is 17.8. The number of carbonyl (C=O) groups excluding carboxylic acids is 3. The number of pyridine rings is 1. The molecule has 3 aromatic heterocycles. The number of aromatic nitrogens is 5. The van der Waals surface area contributed by atoms with Crippen molar-refractivity contribution in [2.24, 2.45) is 11.5 Å². The number of benzene rings is 1. The lowest BCUT2D eigenvalue weighted by molar-refractivity contribution is 0.0991. The van der Waals surface area contributed by atoms with Crippen molar-refractivity contribution in [3.05, 3.63) is 65.1 Å². The van der Waals surface area contributed by atoms with Crippen LogP contribution >= 0.6 is 0 Å². The Morgan fingerprint density at radius 3 is 2.39 bits per heavy atom. The molecule has 1 aromatic carbocycles. The SMILES string of the molecule is CCn1nc(C)cc1C(=O)Nc1nc2cc(C(N)=O)cnc2n1C/C=C/CNc1c(N)cc(C(N)=O)cc1OCCO[Si](C)(C)C(C)(C)C. The molecule has 0 aliphatic carbocycles. The third-order valence-corrected chi connectivity index (χ3v) is 12.9. The average Bonchev–Trinajstić information content (AvgIpc) is 3.57. The highest BCUT2D eigenvalue weighted by molar-refractivity contribution is 6.74. The van der Waals surface area contributed by atoms with Gasteiger partial charge in [-0.3, -0.25) is 28.9 Å². The Bertz CT molecular complexity index is 1890. The van der Waals surface area contributed by atoms with Gasteiger partial charge in [-0.1, -0.05) is 32.9 Å². The van der Waals surface area contributed by atoms with E-state index in [1.807, 2.05) is 26.0 Å². The second-order valence-electron chi connectivity index (χ2n) is 13.0. The summed E-state index contributed by atoms with van der Waals surface area (Å²) in [4.78, 5) is 45.9. The Labute approximate surface area is 286 Å². The highest BCUT2D eigenvalue weighted by Gasteiger charge is 2.37. The van der Waals surface area contributed by atoms with Crippen molar-refractivity contribution in [2.45, 2.75) is 65.8 Å². The number of ether oxygens (including phenoxy) is 1. The molecule has 0 fully saturated rings. The van der Waals surface area contributed by atoms with Crippen molar-refractivity contribution in [3.63, 3.8) is 0 Å². The quantitative estimate of drug-likeness (QED) is 0.0521. The Kier molecular flexibility index (Phi) is 11.1. The third kappa shape index (κ3) is 8.63. The van der Waals surface area contributed by atoms with Crippen LogP contribution in [0.4, 0.5) is 17.3 Å². The van der Waals surface area contributed by atoms with Crippen LogP contribution in [0.1, 0.15) is 64.6 Å². The molecule has 0 aliphatic rings. The Morgan fingerprint density at radius 1 is 1.02 bits per heavy atom.